The van der Waals surface area contributed by atoms with Crippen LogP contribution in [-0.2, 0) is 5.75 Å². The smallest absolute Gasteiger partial charge is 0.123 e. The van der Waals surface area contributed by atoms with Gasteiger partial charge in [-0.1, -0.05) is 41.9 Å². The summed E-state index contributed by atoms with van der Waals surface area (Å²) < 4.78 is 0. The third kappa shape index (κ3) is 3.59. The second kappa shape index (κ2) is 6.52. The van der Waals surface area contributed by atoms with Gasteiger partial charge in [0, 0.05) is 27.3 Å². The van der Waals surface area contributed by atoms with E-state index in [9.17, 15) is 0 Å². The Balaban J connectivity index is 1.72. The van der Waals surface area contributed by atoms with Crippen molar-refractivity contribution < 1.29 is 0 Å². The highest BCUT2D eigenvalue weighted by Crippen LogP contribution is 2.32. The van der Waals surface area contributed by atoms with Crippen LogP contribution in [0.4, 0.5) is 5.69 Å². The van der Waals surface area contributed by atoms with E-state index in [-0.39, 0.29) is 0 Å². The average Bonchev–Trinajstić information content (AvgIpc) is 2.98. The monoisotopic (exact) mass is 332 g/mol. The molecule has 1 aromatic heterocycles. The van der Waals surface area contributed by atoms with Crippen LogP contribution in [0.15, 0.2) is 58.8 Å². The first-order valence-electron chi connectivity index (χ1n) is 6.40. The topological polar surface area (TPSA) is 38.9 Å². The maximum atomic E-state index is 6.17. The molecule has 0 aliphatic heterocycles. The molecule has 106 valence electrons. The van der Waals surface area contributed by atoms with Crippen LogP contribution in [0.3, 0.4) is 0 Å². The van der Waals surface area contributed by atoms with Gasteiger partial charge in [-0.3, -0.25) is 0 Å². The van der Waals surface area contributed by atoms with E-state index in [1.165, 1.54) is 0 Å². The highest BCUT2D eigenvalue weighted by molar-refractivity contribution is 7.98. The first kappa shape index (κ1) is 14.4. The van der Waals surface area contributed by atoms with E-state index >= 15 is 0 Å². The lowest BCUT2D eigenvalue weighted by atomic mass is 10.2. The molecule has 1 heterocycles. The largest absolute Gasteiger partial charge is 0.399 e. The van der Waals surface area contributed by atoms with Crippen molar-refractivity contribution >= 4 is 40.4 Å². The molecule has 0 saturated carbocycles. The standard InChI is InChI=1S/C16H13ClN2S2/c17-14-7-6-12(18)8-15(14)20-9-13-10-21-16(19-13)11-4-2-1-3-5-11/h1-8,10H,9,18H2. The maximum absolute atomic E-state index is 6.17. The molecule has 0 aliphatic rings. The summed E-state index contributed by atoms with van der Waals surface area (Å²) in [5, 5.41) is 3.87. The summed E-state index contributed by atoms with van der Waals surface area (Å²) in [6, 6.07) is 15.7. The van der Waals surface area contributed by atoms with E-state index in [0.717, 1.165) is 37.6 Å². The maximum Gasteiger partial charge on any atom is 0.123 e. The number of halogens is 1. The molecule has 2 N–H and O–H groups in total. The van der Waals surface area contributed by atoms with Gasteiger partial charge in [0.15, 0.2) is 0 Å². The van der Waals surface area contributed by atoms with E-state index in [1.54, 1.807) is 23.1 Å². The Morgan fingerprint density at radius 2 is 1.95 bits per heavy atom. The van der Waals surface area contributed by atoms with Gasteiger partial charge in [-0.25, -0.2) is 4.98 Å². The van der Waals surface area contributed by atoms with Gasteiger partial charge in [0.1, 0.15) is 5.01 Å². The number of aromatic nitrogens is 1. The minimum absolute atomic E-state index is 0.727. The molecular weight excluding hydrogens is 320 g/mol. The Bertz CT molecular complexity index is 741. The molecule has 0 bridgehead atoms. The van der Waals surface area contributed by atoms with Gasteiger partial charge in [-0.05, 0) is 18.2 Å². The second-order valence-electron chi connectivity index (χ2n) is 4.49. The molecule has 0 unspecified atom stereocenters. The first-order chi connectivity index (χ1) is 10.2. The second-order valence-corrected chi connectivity index (χ2v) is 6.77. The predicted octanol–water partition coefficient (Wildman–Crippen LogP) is 5.34. The lowest BCUT2D eigenvalue weighted by molar-refractivity contribution is 1.23. The lowest BCUT2D eigenvalue weighted by Crippen LogP contribution is -1.86. The van der Waals surface area contributed by atoms with Crippen molar-refractivity contribution in [1.82, 2.24) is 4.98 Å². The zero-order valence-corrected chi connectivity index (χ0v) is 13.5. The molecule has 5 heteroatoms. The summed E-state index contributed by atoms with van der Waals surface area (Å²) in [6.45, 7) is 0. The van der Waals surface area contributed by atoms with Crippen LogP contribution >= 0.6 is 34.7 Å². The van der Waals surface area contributed by atoms with Crippen molar-refractivity contribution in [2.45, 2.75) is 10.6 Å². The normalized spacial score (nSPS) is 10.7. The summed E-state index contributed by atoms with van der Waals surface area (Å²) >= 11 is 9.49. The summed E-state index contributed by atoms with van der Waals surface area (Å²) in [5.74, 6) is 0.784. The van der Waals surface area contributed by atoms with Crippen LogP contribution in [0.5, 0.6) is 0 Å². The Morgan fingerprint density at radius 3 is 2.76 bits per heavy atom. The Hall–Kier alpha value is -1.49. The van der Waals surface area contributed by atoms with Crippen LogP contribution in [0.1, 0.15) is 5.69 Å². The number of rotatable bonds is 4. The minimum atomic E-state index is 0.727. The number of thiazole rings is 1. The fourth-order valence-corrected chi connectivity index (χ4v) is 3.96. The summed E-state index contributed by atoms with van der Waals surface area (Å²) in [5.41, 5.74) is 8.73. The minimum Gasteiger partial charge on any atom is -0.399 e. The lowest BCUT2D eigenvalue weighted by Gasteiger charge is -2.03. The molecule has 0 fully saturated rings. The fourth-order valence-electron chi connectivity index (χ4n) is 1.87. The Labute approximate surface area is 137 Å². The molecule has 0 spiro atoms. The molecule has 0 atom stereocenters. The Morgan fingerprint density at radius 1 is 1.14 bits per heavy atom. The van der Waals surface area contributed by atoms with Crippen LogP contribution in [-0.4, -0.2) is 4.98 Å². The zero-order valence-electron chi connectivity index (χ0n) is 11.1. The summed E-state index contributed by atoms with van der Waals surface area (Å²) in [6.07, 6.45) is 0. The first-order valence-corrected chi connectivity index (χ1v) is 8.64. The summed E-state index contributed by atoms with van der Waals surface area (Å²) in [4.78, 5) is 5.66. The van der Waals surface area contributed by atoms with Crippen molar-refractivity contribution in [1.29, 1.82) is 0 Å². The van der Waals surface area contributed by atoms with Crippen molar-refractivity contribution in [3.8, 4) is 10.6 Å². The van der Waals surface area contributed by atoms with E-state index in [0.29, 0.717) is 0 Å². The molecule has 2 nitrogen and oxygen atoms in total. The van der Waals surface area contributed by atoms with E-state index < -0.39 is 0 Å². The number of nitrogen functional groups attached to an aromatic ring is 1. The predicted molar refractivity (Wildman–Crippen MR) is 93.0 cm³/mol. The number of hydrogen-bond donors (Lipinski definition) is 1. The SMILES string of the molecule is Nc1ccc(Cl)c(SCc2csc(-c3ccccc3)n2)c1. The molecular formula is C16H13ClN2S2. The van der Waals surface area contributed by atoms with Gasteiger partial charge >= 0.3 is 0 Å². The third-order valence-electron chi connectivity index (χ3n) is 2.90. The van der Waals surface area contributed by atoms with E-state index in [4.69, 9.17) is 17.3 Å². The molecule has 3 aromatic rings. The van der Waals surface area contributed by atoms with Crippen LogP contribution in [0, 0.1) is 0 Å². The number of thioether (sulfide) groups is 1. The molecule has 3 rings (SSSR count). The van der Waals surface area contributed by atoms with Crippen LogP contribution < -0.4 is 5.73 Å². The van der Waals surface area contributed by atoms with Gasteiger partial charge < -0.3 is 5.73 Å². The van der Waals surface area contributed by atoms with Crippen LogP contribution in [0.25, 0.3) is 10.6 Å². The van der Waals surface area contributed by atoms with Gasteiger partial charge in [0.2, 0.25) is 0 Å². The van der Waals surface area contributed by atoms with Gasteiger partial charge in [0.25, 0.3) is 0 Å². The number of hydrogen-bond acceptors (Lipinski definition) is 4. The number of benzene rings is 2. The number of nitrogens with zero attached hydrogens (tertiary/aromatic N) is 1. The Kier molecular flexibility index (Phi) is 4.48. The average molecular weight is 333 g/mol. The molecule has 0 aliphatic carbocycles. The molecule has 21 heavy (non-hydrogen) atoms. The number of nitrogens with two attached hydrogens (primary N) is 1. The highest BCUT2D eigenvalue weighted by Gasteiger charge is 2.07. The molecule has 0 radical (unpaired) electrons. The molecule has 0 saturated heterocycles. The zero-order chi connectivity index (χ0) is 14.7. The van der Waals surface area contributed by atoms with Gasteiger partial charge in [-0.2, -0.15) is 0 Å². The fraction of sp³-hybridized carbons (Fsp3) is 0.0625. The van der Waals surface area contributed by atoms with Crippen molar-refractivity contribution in [2.75, 3.05) is 5.73 Å². The van der Waals surface area contributed by atoms with Crippen molar-refractivity contribution in [2.24, 2.45) is 0 Å². The van der Waals surface area contributed by atoms with Crippen molar-refractivity contribution in [3.63, 3.8) is 0 Å². The third-order valence-corrected chi connectivity index (χ3v) is 5.37. The highest BCUT2D eigenvalue weighted by atomic mass is 35.5. The summed E-state index contributed by atoms with van der Waals surface area (Å²) in [7, 11) is 0. The molecule has 2 aromatic carbocycles. The quantitative estimate of drug-likeness (QED) is 0.518. The van der Waals surface area contributed by atoms with Crippen molar-refractivity contribution in [3.05, 3.63) is 64.6 Å². The van der Waals surface area contributed by atoms with E-state index in [1.807, 2.05) is 36.4 Å². The number of anilines is 1. The van der Waals surface area contributed by atoms with E-state index in [2.05, 4.69) is 22.5 Å². The van der Waals surface area contributed by atoms with Gasteiger partial charge in [0.05, 0.1) is 10.7 Å². The molecule has 0 amide bonds. The van der Waals surface area contributed by atoms with Gasteiger partial charge in [-0.15, -0.1) is 23.1 Å². The van der Waals surface area contributed by atoms with Crippen LogP contribution in [0.2, 0.25) is 5.02 Å².